The van der Waals surface area contributed by atoms with Crippen molar-refractivity contribution in [3.05, 3.63) is 65.7 Å². The van der Waals surface area contributed by atoms with Gasteiger partial charge in [-0.3, -0.25) is 4.79 Å². The Morgan fingerprint density at radius 3 is 2.43 bits per heavy atom. The maximum atomic E-state index is 12.2. The van der Waals surface area contributed by atoms with E-state index in [-0.39, 0.29) is 17.8 Å². The summed E-state index contributed by atoms with van der Waals surface area (Å²) in [6, 6.07) is 16.3. The van der Waals surface area contributed by atoms with Crippen molar-refractivity contribution < 1.29 is 4.79 Å². The molecule has 0 atom stereocenters. The molecule has 0 saturated carbocycles. The Labute approximate surface area is 133 Å². The van der Waals surface area contributed by atoms with Crippen molar-refractivity contribution >= 4 is 23.5 Å². The molecule has 23 heavy (non-hydrogen) atoms. The van der Waals surface area contributed by atoms with Crippen LogP contribution in [0.1, 0.15) is 15.9 Å². The van der Waals surface area contributed by atoms with Crippen LogP contribution < -0.4 is 22.5 Å². The third-order valence-corrected chi connectivity index (χ3v) is 2.89. The van der Waals surface area contributed by atoms with Crippen LogP contribution in [-0.2, 0) is 6.54 Å². The monoisotopic (exact) mass is 310 g/mol. The standard InChI is InChI=1S/C16H18N6O/c17-15(18)22-16(19)21-13-8-4-7-12(9-13)14(23)20-10-11-5-2-1-3-6-11/h1-9H,10H2,(H,20,23)(H6,17,18,19,21,22). The predicted molar refractivity (Wildman–Crippen MR) is 91.1 cm³/mol. The first kappa shape index (κ1) is 16.0. The summed E-state index contributed by atoms with van der Waals surface area (Å²) in [4.78, 5) is 19.8. The first-order valence-corrected chi connectivity index (χ1v) is 6.90. The normalized spacial score (nSPS) is 10.9. The minimum Gasteiger partial charge on any atom is -0.370 e. The van der Waals surface area contributed by atoms with E-state index in [0.29, 0.717) is 17.8 Å². The van der Waals surface area contributed by atoms with Crippen molar-refractivity contribution in [2.24, 2.45) is 27.2 Å². The second kappa shape index (κ2) is 7.60. The van der Waals surface area contributed by atoms with Crippen molar-refractivity contribution in [1.29, 1.82) is 0 Å². The Morgan fingerprint density at radius 1 is 1.00 bits per heavy atom. The molecule has 1 amide bonds. The second-order valence-electron chi connectivity index (χ2n) is 4.73. The maximum Gasteiger partial charge on any atom is 0.251 e. The molecule has 7 heteroatoms. The SMILES string of the molecule is NC(N)=NC(N)=Nc1cccc(C(=O)NCc2ccccc2)c1. The number of aliphatic imine (C=N–C) groups is 2. The minimum absolute atomic E-state index is 0.0770. The van der Waals surface area contributed by atoms with Crippen LogP contribution in [0.2, 0.25) is 0 Å². The number of carbonyl (C=O) groups is 1. The Morgan fingerprint density at radius 2 is 1.74 bits per heavy atom. The van der Waals surface area contributed by atoms with Crippen LogP contribution in [0.3, 0.4) is 0 Å². The molecule has 7 nitrogen and oxygen atoms in total. The molecule has 0 aliphatic heterocycles. The Bertz CT molecular complexity index is 735. The average Bonchev–Trinajstić information content (AvgIpc) is 2.53. The molecule has 2 aromatic carbocycles. The summed E-state index contributed by atoms with van der Waals surface area (Å²) in [6.07, 6.45) is 0. The summed E-state index contributed by atoms with van der Waals surface area (Å²) in [5.74, 6) is -0.457. The lowest BCUT2D eigenvalue weighted by Gasteiger charge is -2.06. The summed E-state index contributed by atoms with van der Waals surface area (Å²) >= 11 is 0. The highest BCUT2D eigenvalue weighted by Crippen LogP contribution is 2.14. The Balaban J connectivity index is 2.07. The molecule has 2 aromatic rings. The molecule has 118 valence electrons. The molecule has 0 aromatic heterocycles. The van der Waals surface area contributed by atoms with Crippen LogP contribution in [0.4, 0.5) is 5.69 Å². The summed E-state index contributed by atoms with van der Waals surface area (Å²) in [6.45, 7) is 0.448. The fourth-order valence-corrected chi connectivity index (χ4v) is 1.89. The first-order chi connectivity index (χ1) is 11.0. The zero-order chi connectivity index (χ0) is 16.7. The Hall–Kier alpha value is -3.35. The van der Waals surface area contributed by atoms with E-state index in [1.807, 2.05) is 30.3 Å². The highest BCUT2D eigenvalue weighted by molar-refractivity contribution is 5.96. The van der Waals surface area contributed by atoms with E-state index < -0.39 is 0 Å². The van der Waals surface area contributed by atoms with E-state index in [2.05, 4.69) is 15.3 Å². The van der Waals surface area contributed by atoms with Gasteiger partial charge < -0.3 is 22.5 Å². The smallest absolute Gasteiger partial charge is 0.251 e. The van der Waals surface area contributed by atoms with Crippen molar-refractivity contribution in [3.8, 4) is 0 Å². The van der Waals surface area contributed by atoms with Crippen LogP contribution in [0.5, 0.6) is 0 Å². The fraction of sp³-hybridized carbons (Fsp3) is 0.0625. The van der Waals surface area contributed by atoms with Gasteiger partial charge in [0.05, 0.1) is 5.69 Å². The van der Waals surface area contributed by atoms with E-state index in [1.165, 1.54) is 0 Å². The minimum atomic E-state index is -0.202. The van der Waals surface area contributed by atoms with Crippen LogP contribution in [0, 0.1) is 0 Å². The number of nitrogens with one attached hydrogen (secondary N) is 1. The molecule has 2 rings (SSSR count). The molecule has 0 fully saturated rings. The topological polar surface area (TPSA) is 132 Å². The lowest BCUT2D eigenvalue weighted by molar-refractivity contribution is 0.0951. The molecule has 0 unspecified atom stereocenters. The van der Waals surface area contributed by atoms with Gasteiger partial charge in [0.1, 0.15) is 0 Å². The number of hydrogen-bond donors (Lipinski definition) is 4. The number of hydrogen-bond acceptors (Lipinski definition) is 2. The van der Waals surface area contributed by atoms with Crippen molar-refractivity contribution in [2.75, 3.05) is 0 Å². The average molecular weight is 310 g/mol. The number of nitrogens with zero attached hydrogens (tertiary/aromatic N) is 2. The van der Waals surface area contributed by atoms with E-state index >= 15 is 0 Å². The van der Waals surface area contributed by atoms with Crippen LogP contribution in [-0.4, -0.2) is 17.8 Å². The van der Waals surface area contributed by atoms with Gasteiger partial charge in [0, 0.05) is 12.1 Å². The summed E-state index contributed by atoms with van der Waals surface area (Å²) in [5, 5.41) is 2.84. The third-order valence-electron chi connectivity index (χ3n) is 2.89. The molecule has 0 saturated heterocycles. The number of rotatable bonds is 4. The number of carbonyl (C=O) groups excluding carboxylic acids is 1. The fourth-order valence-electron chi connectivity index (χ4n) is 1.89. The molecule has 0 radical (unpaired) electrons. The van der Waals surface area contributed by atoms with E-state index in [9.17, 15) is 4.79 Å². The molecule has 0 spiro atoms. The highest BCUT2D eigenvalue weighted by atomic mass is 16.1. The number of amides is 1. The quantitative estimate of drug-likeness (QED) is 0.492. The summed E-state index contributed by atoms with van der Waals surface area (Å²) in [5.41, 5.74) is 18.0. The molecular formula is C16H18N6O. The lowest BCUT2D eigenvalue weighted by Crippen LogP contribution is -2.26. The van der Waals surface area contributed by atoms with Gasteiger partial charge >= 0.3 is 0 Å². The number of nitrogens with two attached hydrogens (primary N) is 3. The van der Waals surface area contributed by atoms with Gasteiger partial charge in [-0.15, -0.1) is 0 Å². The van der Waals surface area contributed by atoms with Crippen molar-refractivity contribution in [2.45, 2.75) is 6.54 Å². The van der Waals surface area contributed by atoms with Gasteiger partial charge in [0.2, 0.25) is 5.96 Å². The molecule has 0 aliphatic carbocycles. The van der Waals surface area contributed by atoms with Crippen LogP contribution in [0.15, 0.2) is 64.6 Å². The zero-order valence-corrected chi connectivity index (χ0v) is 12.4. The number of guanidine groups is 2. The third kappa shape index (κ3) is 5.16. The lowest BCUT2D eigenvalue weighted by atomic mass is 10.1. The van der Waals surface area contributed by atoms with Crippen LogP contribution in [0.25, 0.3) is 0 Å². The van der Waals surface area contributed by atoms with Crippen molar-refractivity contribution in [1.82, 2.24) is 5.32 Å². The van der Waals surface area contributed by atoms with E-state index in [1.54, 1.807) is 24.3 Å². The van der Waals surface area contributed by atoms with Gasteiger partial charge in [-0.2, -0.15) is 4.99 Å². The van der Waals surface area contributed by atoms with Gasteiger partial charge in [-0.05, 0) is 23.8 Å². The van der Waals surface area contributed by atoms with E-state index in [0.717, 1.165) is 5.56 Å². The molecule has 7 N–H and O–H groups in total. The van der Waals surface area contributed by atoms with Crippen molar-refractivity contribution in [3.63, 3.8) is 0 Å². The zero-order valence-electron chi connectivity index (χ0n) is 12.4. The maximum absolute atomic E-state index is 12.2. The van der Waals surface area contributed by atoms with Gasteiger partial charge in [-0.25, -0.2) is 4.99 Å². The first-order valence-electron chi connectivity index (χ1n) is 6.90. The summed E-state index contributed by atoms with van der Waals surface area (Å²) < 4.78 is 0. The molecular weight excluding hydrogens is 292 g/mol. The molecule has 0 bridgehead atoms. The van der Waals surface area contributed by atoms with E-state index in [4.69, 9.17) is 17.2 Å². The van der Waals surface area contributed by atoms with Gasteiger partial charge in [0.15, 0.2) is 5.96 Å². The largest absolute Gasteiger partial charge is 0.370 e. The highest BCUT2D eigenvalue weighted by Gasteiger charge is 2.06. The molecule has 0 aliphatic rings. The number of benzene rings is 2. The molecule has 0 heterocycles. The Kier molecular flexibility index (Phi) is 5.30. The second-order valence-corrected chi connectivity index (χ2v) is 4.73. The van der Waals surface area contributed by atoms with Gasteiger partial charge in [0.25, 0.3) is 5.91 Å². The van der Waals surface area contributed by atoms with Gasteiger partial charge in [-0.1, -0.05) is 36.4 Å². The predicted octanol–water partition coefficient (Wildman–Crippen LogP) is 0.836. The van der Waals surface area contributed by atoms with Crippen LogP contribution >= 0.6 is 0 Å². The summed E-state index contributed by atoms with van der Waals surface area (Å²) in [7, 11) is 0.